The highest BCUT2D eigenvalue weighted by Gasteiger charge is 2.20. The molecule has 0 saturated heterocycles. The van der Waals surface area contributed by atoms with E-state index in [1.807, 2.05) is 19.9 Å². The highest BCUT2D eigenvalue weighted by atomic mass is 16.6. The van der Waals surface area contributed by atoms with Gasteiger partial charge in [-0.1, -0.05) is 32.0 Å². The predicted molar refractivity (Wildman–Crippen MR) is 104 cm³/mol. The van der Waals surface area contributed by atoms with E-state index in [1.54, 1.807) is 24.3 Å². The number of hydrogen-bond donors (Lipinski definition) is 0. The summed E-state index contributed by atoms with van der Waals surface area (Å²) in [6, 6.07) is 13.3. The Kier molecular flexibility index (Phi) is 5.41. The molecule has 0 bridgehead atoms. The summed E-state index contributed by atoms with van der Waals surface area (Å²) in [6.45, 7) is 4.30. The molecule has 2 aromatic carbocycles. The number of nitrogens with zero attached hydrogens (tertiary/aromatic N) is 3. The number of rotatable bonds is 5. The molecule has 7 nitrogen and oxygen atoms in total. The first-order valence-corrected chi connectivity index (χ1v) is 8.74. The summed E-state index contributed by atoms with van der Waals surface area (Å²) in [7, 11) is 1.42. The van der Waals surface area contributed by atoms with E-state index in [1.165, 1.54) is 30.0 Å². The summed E-state index contributed by atoms with van der Waals surface area (Å²) in [6.07, 6.45) is 0. The molecule has 0 unspecified atom stereocenters. The number of ether oxygens (including phenoxy) is 2. The van der Waals surface area contributed by atoms with E-state index in [9.17, 15) is 9.59 Å². The van der Waals surface area contributed by atoms with Gasteiger partial charge in [-0.15, -0.1) is 0 Å². The molecule has 0 aliphatic rings. The van der Waals surface area contributed by atoms with E-state index >= 15 is 0 Å². The summed E-state index contributed by atoms with van der Waals surface area (Å²) in [5.41, 5.74) is 0.171. The van der Waals surface area contributed by atoms with Crippen molar-refractivity contribution in [1.82, 2.24) is 9.78 Å². The van der Waals surface area contributed by atoms with Crippen molar-refractivity contribution in [3.8, 4) is 17.6 Å². The first-order chi connectivity index (χ1) is 13.4. The second-order valence-corrected chi connectivity index (χ2v) is 6.64. The zero-order valence-electron chi connectivity index (χ0n) is 15.8. The van der Waals surface area contributed by atoms with E-state index in [-0.39, 0.29) is 28.7 Å². The van der Waals surface area contributed by atoms with Crippen molar-refractivity contribution in [1.29, 1.82) is 5.26 Å². The third kappa shape index (κ3) is 3.71. The fourth-order valence-corrected chi connectivity index (χ4v) is 2.83. The molecule has 0 aliphatic heterocycles. The van der Waals surface area contributed by atoms with Crippen LogP contribution < -0.4 is 15.0 Å². The minimum atomic E-state index is -0.711. The van der Waals surface area contributed by atoms with Crippen LogP contribution >= 0.6 is 0 Å². The smallest absolute Gasteiger partial charge is 0.364 e. The van der Waals surface area contributed by atoms with Crippen molar-refractivity contribution in [3.05, 3.63) is 64.1 Å². The van der Waals surface area contributed by atoms with E-state index in [2.05, 4.69) is 5.10 Å². The average molecular weight is 377 g/mol. The Morgan fingerprint density at radius 2 is 1.89 bits per heavy atom. The molecule has 0 radical (unpaired) electrons. The van der Waals surface area contributed by atoms with Gasteiger partial charge in [-0.05, 0) is 24.1 Å². The van der Waals surface area contributed by atoms with Gasteiger partial charge in [-0.3, -0.25) is 4.79 Å². The molecule has 0 atom stereocenters. The van der Waals surface area contributed by atoms with E-state index in [0.717, 1.165) is 0 Å². The van der Waals surface area contributed by atoms with Gasteiger partial charge in [-0.25, -0.2) is 9.48 Å². The predicted octanol–water partition coefficient (Wildman–Crippen LogP) is 3.15. The topological polar surface area (TPSA) is 94.2 Å². The van der Waals surface area contributed by atoms with Gasteiger partial charge in [0.2, 0.25) is 0 Å². The maximum absolute atomic E-state index is 12.9. The summed E-state index contributed by atoms with van der Waals surface area (Å²) >= 11 is 0. The number of fused-ring (bicyclic) bond motifs is 1. The lowest BCUT2D eigenvalue weighted by Gasteiger charge is -2.13. The van der Waals surface area contributed by atoms with Crippen molar-refractivity contribution >= 4 is 16.7 Å². The average Bonchev–Trinajstić information content (AvgIpc) is 2.70. The summed E-state index contributed by atoms with van der Waals surface area (Å²) in [5.74, 6) is -0.114. The van der Waals surface area contributed by atoms with Crippen molar-refractivity contribution in [2.24, 2.45) is 5.92 Å². The summed E-state index contributed by atoms with van der Waals surface area (Å²) in [4.78, 5) is 25.5. The summed E-state index contributed by atoms with van der Waals surface area (Å²) in [5, 5.41) is 14.1. The molecule has 0 spiro atoms. The molecule has 142 valence electrons. The first kappa shape index (κ1) is 19.1. The minimum absolute atomic E-state index is 0.0438. The van der Waals surface area contributed by atoms with Crippen LogP contribution in [0.15, 0.2) is 47.3 Å². The Hall–Kier alpha value is -3.66. The molecule has 0 amide bonds. The fourth-order valence-electron chi connectivity index (χ4n) is 2.83. The largest absolute Gasteiger partial charge is 0.493 e. The number of methoxy groups -OCH3 is 1. The molecular weight excluding hydrogens is 358 g/mol. The second-order valence-electron chi connectivity index (χ2n) is 6.64. The van der Waals surface area contributed by atoms with Crippen molar-refractivity contribution in [2.75, 3.05) is 7.11 Å². The lowest BCUT2D eigenvalue weighted by atomic mass is 10.1. The maximum atomic E-state index is 12.9. The third-order valence-electron chi connectivity index (χ3n) is 4.09. The Labute approximate surface area is 161 Å². The van der Waals surface area contributed by atoms with E-state index in [0.29, 0.717) is 22.9 Å². The second kappa shape index (κ2) is 7.92. The van der Waals surface area contributed by atoms with Crippen LogP contribution in [0.3, 0.4) is 0 Å². The van der Waals surface area contributed by atoms with Crippen LogP contribution in [0.2, 0.25) is 0 Å². The van der Waals surface area contributed by atoms with Crippen LogP contribution in [-0.4, -0.2) is 22.9 Å². The van der Waals surface area contributed by atoms with Crippen LogP contribution in [0.4, 0.5) is 0 Å². The molecule has 3 rings (SSSR count). The first-order valence-electron chi connectivity index (χ1n) is 8.74. The molecule has 0 aliphatic carbocycles. The number of hydrogen-bond acceptors (Lipinski definition) is 6. The van der Waals surface area contributed by atoms with Gasteiger partial charge in [0.25, 0.3) is 5.56 Å². The number of benzene rings is 2. The van der Waals surface area contributed by atoms with Crippen LogP contribution in [0.1, 0.15) is 29.9 Å². The molecule has 0 fully saturated rings. The Morgan fingerprint density at radius 3 is 2.54 bits per heavy atom. The van der Waals surface area contributed by atoms with Crippen molar-refractivity contribution in [3.63, 3.8) is 0 Å². The standard InChI is InChI=1S/C21H19N3O4/c1-13(2)12-24-20(25)16-7-5-4-6-15(16)19(23-24)21(26)28-17-9-8-14(11-22)10-18(17)27-3/h4-10,13H,12H2,1-3H3. The van der Waals surface area contributed by atoms with Gasteiger partial charge in [0.05, 0.1) is 24.1 Å². The van der Waals surface area contributed by atoms with Gasteiger partial charge in [0.15, 0.2) is 17.2 Å². The molecule has 3 aromatic rings. The quantitative estimate of drug-likeness (QED) is 0.501. The van der Waals surface area contributed by atoms with Crippen molar-refractivity contribution < 1.29 is 14.3 Å². The molecule has 7 heteroatoms. The van der Waals surface area contributed by atoms with E-state index in [4.69, 9.17) is 14.7 Å². The van der Waals surface area contributed by atoms with Gasteiger partial charge in [0.1, 0.15) is 0 Å². The van der Waals surface area contributed by atoms with Crippen LogP contribution in [-0.2, 0) is 6.54 Å². The number of esters is 1. The molecule has 28 heavy (non-hydrogen) atoms. The van der Waals surface area contributed by atoms with E-state index < -0.39 is 5.97 Å². The molecule has 1 heterocycles. The molecular formula is C21H19N3O4. The Balaban J connectivity index is 2.08. The van der Waals surface area contributed by atoms with Crippen LogP contribution in [0.5, 0.6) is 11.5 Å². The van der Waals surface area contributed by atoms with Crippen LogP contribution in [0, 0.1) is 17.2 Å². The molecule has 0 saturated carbocycles. The third-order valence-corrected chi connectivity index (χ3v) is 4.09. The van der Waals surface area contributed by atoms with Gasteiger partial charge < -0.3 is 9.47 Å². The molecule has 1 aromatic heterocycles. The number of nitriles is 1. The normalized spacial score (nSPS) is 10.7. The zero-order chi connectivity index (χ0) is 20.3. The highest BCUT2D eigenvalue weighted by molar-refractivity contribution is 6.03. The fraction of sp³-hybridized carbons (Fsp3) is 0.238. The highest BCUT2D eigenvalue weighted by Crippen LogP contribution is 2.29. The summed E-state index contributed by atoms with van der Waals surface area (Å²) < 4.78 is 12.0. The van der Waals surface area contributed by atoms with Gasteiger partial charge >= 0.3 is 5.97 Å². The Morgan fingerprint density at radius 1 is 1.18 bits per heavy atom. The van der Waals surface area contributed by atoms with Crippen molar-refractivity contribution in [2.45, 2.75) is 20.4 Å². The minimum Gasteiger partial charge on any atom is -0.493 e. The lowest BCUT2D eigenvalue weighted by Crippen LogP contribution is -2.28. The molecule has 0 N–H and O–H groups in total. The number of carbonyl (C=O) groups excluding carboxylic acids is 1. The monoisotopic (exact) mass is 377 g/mol. The Bertz CT molecular complexity index is 1140. The maximum Gasteiger partial charge on any atom is 0.364 e. The van der Waals surface area contributed by atoms with Gasteiger partial charge in [0, 0.05) is 18.0 Å². The van der Waals surface area contributed by atoms with Crippen LogP contribution in [0.25, 0.3) is 10.8 Å². The zero-order valence-corrected chi connectivity index (χ0v) is 15.8. The number of aromatic nitrogens is 2. The lowest BCUT2D eigenvalue weighted by molar-refractivity contribution is 0.0722. The van der Waals surface area contributed by atoms with Gasteiger partial charge in [-0.2, -0.15) is 10.4 Å². The SMILES string of the molecule is COc1cc(C#N)ccc1OC(=O)c1nn(CC(C)C)c(=O)c2ccccc12. The number of carbonyl (C=O) groups is 1.